The van der Waals surface area contributed by atoms with Crippen molar-refractivity contribution >= 4 is 33.7 Å². The van der Waals surface area contributed by atoms with E-state index in [1.165, 1.54) is 16.2 Å². The van der Waals surface area contributed by atoms with E-state index in [0.717, 1.165) is 22.9 Å². The zero-order chi connectivity index (χ0) is 19.3. The van der Waals surface area contributed by atoms with Crippen LogP contribution in [0.4, 0.5) is 4.79 Å². The second-order valence-corrected chi connectivity index (χ2v) is 8.96. The van der Waals surface area contributed by atoms with E-state index in [2.05, 4.69) is 19.8 Å². The molecule has 14 heteroatoms. The van der Waals surface area contributed by atoms with Crippen LogP contribution >= 0.6 is 11.3 Å². The van der Waals surface area contributed by atoms with E-state index in [9.17, 15) is 13.2 Å². The molecule has 12 nitrogen and oxygen atoms in total. The minimum Gasteiger partial charge on any atom is -0.370 e. The van der Waals surface area contributed by atoms with Gasteiger partial charge in [-0.2, -0.15) is 13.5 Å². The van der Waals surface area contributed by atoms with Crippen LogP contribution in [0.25, 0.3) is 0 Å². The minimum absolute atomic E-state index is 0.0441. The number of nitrogens with one attached hydrogen (secondary N) is 2. The predicted octanol–water partition coefficient (Wildman–Crippen LogP) is -0.0573. The highest BCUT2D eigenvalue weighted by Crippen LogP contribution is 2.43. The van der Waals surface area contributed by atoms with Gasteiger partial charge in [0.2, 0.25) is 0 Å². The molecule has 0 aromatic carbocycles. The number of nitrogens with two attached hydrogens (primary N) is 1. The molecule has 0 radical (unpaired) electrons. The summed E-state index contributed by atoms with van der Waals surface area (Å²) >= 11 is 1.44. The van der Waals surface area contributed by atoms with Crippen LogP contribution in [0, 0.1) is 5.41 Å². The number of carbonyl (C=O) groups is 1. The number of carbonyl (C=O) groups excluding carboxylic acids is 1. The van der Waals surface area contributed by atoms with Crippen molar-refractivity contribution in [1.29, 1.82) is 5.41 Å². The Bertz CT molecular complexity index is 868. The summed E-state index contributed by atoms with van der Waals surface area (Å²) in [6.45, 7) is 0.308. The number of piperidine rings is 1. The molecule has 2 atom stereocenters. The molecule has 1 aromatic rings. The van der Waals surface area contributed by atoms with Crippen LogP contribution in [0.3, 0.4) is 0 Å². The van der Waals surface area contributed by atoms with Crippen LogP contribution < -0.4 is 11.1 Å². The van der Waals surface area contributed by atoms with Crippen LogP contribution in [-0.4, -0.2) is 63.8 Å². The van der Waals surface area contributed by atoms with Gasteiger partial charge in [0.05, 0.1) is 12.1 Å². The topological polar surface area (TPSA) is 175 Å². The van der Waals surface area contributed by atoms with Crippen molar-refractivity contribution in [3.05, 3.63) is 10.0 Å². The average Bonchev–Trinajstić information content (AvgIpc) is 3.10. The normalized spacial score (nSPS) is 30.3. The van der Waals surface area contributed by atoms with E-state index in [0.29, 0.717) is 24.4 Å². The van der Waals surface area contributed by atoms with Crippen molar-refractivity contribution in [2.75, 3.05) is 6.54 Å². The van der Waals surface area contributed by atoms with Gasteiger partial charge in [-0.25, -0.2) is 4.79 Å². The van der Waals surface area contributed by atoms with Crippen LogP contribution in [0.15, 0.2) is 0 Å². The number of hydroxylamine groups is 2. The molecule has 0 unspecified atom stereocenters. The fourth-order valence-corrected chi connectivity index (χ4v) is 5.30. The first-order valence-electron chi connectivity index (χ1n) is 8.42. The number of hydrogen-bond acceptors (Lipinski definition) is 8. The second-order valence-electron chi connectivity index (χ2n) is 6.91. The molecule has 1 aliphatic carbocycles. The maximum Gasteiger partial charge on any atom is 0.418 e. The lowest BCUT2D eigenvalue weighted by Gasteiger charge is -2.34. The molecule has 1 saturated carbocycles. The minimum atomic E-state index is -4.75. The van der Waals surface area contributed by atoms with Gasteiger partial charge in [-0.05, 0) is 25.7 Å². The van der Waals surface area contributed by atoms with Crippen molar-refractivity contribution < 1.29 is 22.0 Å². The first-order valence-corrected chi connectivity index (χ1v) is 10.6. The van der Waals surface area contributed by atoms with Crippen LogP contribution in [0.5, 0.6) is 0 Å². The Labute approximate surface area is 159 Å². The number of urea groups is 1. The van der Waals surface area contributed by atoms with Gasteiger partial charge in [-0.1, -0.05) is 11.3 Å². The summed E-state index contributed by atoms with van der Waals surface area (Å²) in [4.78, 5) is 14.0. The lowest BCUT2D eigenvalue weighted by Crippen LogP contribution is -2.46. The quantitative estimate of drug-likeness (QED) is 0.290. The summed E-state index contributed by atoms with van der Waals surface area (Å²) in [6.07, 6.45) is 2.78. The molecular formula is C13H19N7O5S2. The average molecular weight is 417 g/mol. The fourth-order valence-electron chi connectivity index (χ4n) is 3.79. The van der Waals surface area contributed by atoms with Gasteiger partial charge in [-0.15, -0.1) is 14.5 Å². The van der Waals surface area contributed by atoms with E-state index >= 15 is 0 Å². The molecule has 3 heterocycles. The van der Waals surface area contributed by atoms with Gasteiger partial charge < -0.3 is 16.0 Å². The highest BCUT2D eigenvalue weighted by Gasteiger charge is 2.48. The van der Waals surface area contributed by atoms with Gasteiger partial charge in [0.1, 0.15) is 10.0 Å². The Kier molecular flexibility index (Phi) is 4.44. The van der Waals surface area contributed by atoms with E-state index in [4.69, 9.17) is 15.7 Å². The molecular weight excluding hydrogens is 398 g/mol. The number of guanidine groups is 1. The molecule has 2 amide bonds. The highest BCUT2D eigenvalue weighted by atomic mass is 32.3. The molecule has 4 rings (SSSR count). The standard InChI is InChI=1S/C13H19N7O5S2/c14-12(15)16-7-3-6(4-7)10-17-18-11(26-10)9-2-1-8-5-19(9)13(21)20(8)25-27(22,23)24/h6-9H,1-5H2,(H4,14,15,16)(H,22,23,24)/t6-,7+,8-,9-/m0/s1. The summed E-state index contributed by atoms with van der Waals surface area (Å²) in [5.41, 5.74) is 5.33. The molecule has 2 aliphatic heterocycles. The number of nitrogens with zero attached hydrogens (tertiary/aromatic N) is 4. The number of fused-ring (bicyclic) bond motifs is 2. The smallest absolute Gasteiger partial charge is 0.370 e. The molecule has 3 aliphatic rings. The highest BCUT2D eigenvalue weighted by molar-refractivity contribution is 7.80. The summed E-state index contributed by atoms with van der Waals surface area (Å²) in [5, 5.41) is 20.9. The Hall–Kier alpha value is -2.03. The molecule has 148 valence electrons. The Balaban J connectivity index is 1.43. The van der Waals surface area contributed by atoms with E-state index < -0.39 is 22.5 Å². The van der Waals surface area contributed by atoms with Crippen molar-refractivity contribution in [1.82, 2.24) is 25.5 Å². The van der Waals surface area contributed by atoms with E-state index in [1.807, 2.05) is 0 Å². The first kappa shape index (κ1) is 18.3. The molecule has 27 heavy (non-hydrogen) atoms. The molecule has 0 spiro atoms. The molecule has 2 bridgehead atoms. The first-order chi connectivity index (χ1) is 12.7. The predicted molar refractivity (Wildman–Crippen MR) is 93.1 cm³/mol. The fraction of sp³-hybridized carbons (Fsp3) is 0.692. The monoisotopic (exact) mass is 417 g/mol. The maximum atomic E-state index is 12.5. The van der Waals surface area contributed by atoms with Gasteiger partial charge in [-0.3, -0.25) is 9.96 Å². The van der Waals surface area contributed by atoms with Crippen molar-refractivity contribution in [3.8, 4) is 0 Å². The number of hydrogen-bond donors (Lipinski definition) is 4. The van der Waals surface area contributed by atoms with Crippen LogP contribution in [-0.2, 0) is 14.7 Å². The zero-order valence-electron chi connectivity index (χ0n) is 14.1. The van der Waals surface area contributed by atoms with Crippen molar-refractivity contribution in [2.24, 2.45) is 5.73 Å². The maximum absolute atomic E-state index is 12.5. The summed E-state index contributed by atoms with van der Waals surface area (Å²) in [5.74, 6) is 0.204. The zero-order valence-corrected chi connectivity index (χ0v) is 15.7. The van der Waals surface area contributed by atoms with Gasteiger partial charge in [0.15, 0.2) is 5.96 Å². The summed E-state index contributed by atoms with van der Waals surface area (Å²) in [6, 6.07) is -1.15. The van der Waals surface area contributed by atoms with Gasteiger partial charge >= 0.3 is 16.4 Å². The third-order valence-corrected chi connectivity index (χ3v) is 6.62. The lowest BCUT2D eigenvalue weighted by molar-refractivity contribution is -0.0317. The number of aromatic nitrogens is 2. The Morgan fingerprint density at radius 1 is 1.33 bits per heavy atom. The lowest BCUT2D eigenvalue weighted by atomic mass is 9.81. The van der Waals surface area contributed by atoms with Gasteiger partial charge in [0, 0.05) is 18.5 Å². The molecule has 5 N–H and O–H groups in total. The SMILES string of the molecule is N=C(N)N[C@H]1C[C@@H](c2nnc([C@@H]3CC[C@H]4CN3C(=O)N4OS(=O)(=O)O)s2)C1. The van der Waals surface area contributed by atoms with Crippen molar-refractivity contribution in [2.45, 2.75) is 49.7 Å². The molecule has 1 aromatic heterocycles. The Morgan fingerprint density at radius 3 is 2.70 bits per heavy atom. The van der Waals surface area contributed by atoms with Gasteiger partial charge in [0.25, 0.3) is 0 Å². The summed E-state index contributed by atoms with van der Waals surface area (Å²) < 4.78 is 35.2. The van der Waals surface area contributed by atoms with Crippen molar-refractivity contribution in [3.63, 3.8) is 0 Å². The van der Waals surface area contributed by atoms with Crippen LogP contribution in [0.1, 0.15) is 47.7 Å². The third-order valence-electron chi connectivity index (χ3n) is 5.09. The largest absolute Gasteiger partial charge is 0.418 e. The number of amides is 2. The van der Waals surface area contributed by atoms with E-state index in [-0.39, 0.29) is 24.0 Å². The second kappa shape index (κ2) is 6.54. The van der Waals surface area contributed by atoms with E-state index in [1.54, 1.807) is 0 Å². The molecule has 2 saturated heterocycles. The molecule has 3 fully saturated rings. The number of rotatable bonds is 5. The summed E-state index contributed by atoms with van der Waals surface area (Å²) in [7, 11) is -4.75. The van der Waals surface area contributed by atoms with Crippen LogP contribution in [0.2, 0.25) is 0 Å². The Morgan fingerprint density at radius 2 is 2.04 bits per heavy atom. The third kappa shape index (κ3) is 3.56.